The van der Waals surface area contributed by atoms with E-state index in [1.807, 2.05) is 7.05 Å². The first kappa shape index (κ1) is 21.1. The fraction of sp³-hybridized carbons (Fsp3) is 0.682. The molecule has 2 heterocycles. The van der Waals surface area contributed by atoms with E-state index in [9.17, 15) is 0 Å². The summed E-state index contributed by atoms with van der Waals surface area (Å²) in [6.45, 7) is 8.63. The van der Waals surface area contributed by atoms with Crippen molar-refractivity contribution >= 4 is 5.96 Å². The molecule has 6 heteroatoms. The summed E-state index contributed by atoms with van der Waals surface area (Å²) in [6, 6.07) is 9.27. The maximum Gasteiger partial charge on any atom is 0.191 e. The molecule has 1 atom stereocenters. The summed E-state index contributed by atoms with van der Waals surface area (Å²) in [4.78, 5) is 6.90. The summed E-state index contributed by atoms with van der Waals surface area (Å²) in [5.74, 6) is 0.870. The average molecular weight is 389 g/mol. The standard InChI is InChI=1S/C22H36N4O2/c1-3-26-12-4-5-20(26)16-25-22(23-2)24-15-18-6-8-19(9-7-18)17-28-21-10-13-27-14-11-21/h6-9,20-21H,3-5,10-17H2,1-2H3,(H2,23,24,25). The van der Waals surface area contributed by atoms with Crippen LogP contribution in [-0.4, -0.2) is 62.9 Å². The van der Waals surface area contributed by atoms with Gasteiger partial charge in [-0.2, -0.15) is 0 Å². The van der Waals surface area contributed by atoms with Gasteiger partial charge in [0, 0.05) is 39.4 Å². The lowest BCUT2D eigenvalue weighted by atomic mass is 10.1. The minimum absolute atomic E-state index is 0.341. The van der Waals surface area contributed by atoms with Crippen LogP contribution in [0.1, 0.15) is 43.7 Å². The highest BCUT2D eigenvalue weighted by Gasteiger charge is 2.22. The first-order chi connectivity index (χ1) is 13.8. The third kappa shape index (κ3) is 6.47. The van der Waals surface area contributed by atoms with Gasteiger partial charge >= 0.3 is 0 Å². The molecule has 0 spiro atoms. The molecule has 1 unspecified atom stereocenters. The summed E-state index contributed by atoms with van der Waals surface area (Å²) < 4.78 is 11.4. The molecular weight excluding hydrogens is 352 g/mol. The first-order valence-electron chi connectivity index (χ1n) is 10.7. The fourth-order valence-corrected chi connectivity index (χ4v) is 3.97. The van der Waals surface area contributed by atoms with E-state index in [4.69, 9.17) is 9.47 Å². The van der Waals surface area contributed by atoms with Crippen molar-refractivity contribution < 1.29 is 9.47 Å². The summed E-state index contributed by atoms with van der Waals surface area (Å²) in [5, 5.41) is 6.90. The maximum absolute atomic E-state index is 5.99. The molecule has 0 amide bonds. The number of likely N-dealkylation sites (tertiary alicyclic amines) is 1. The van der Waals surface area contributed by atoms with Gasteiger partial charge in [-0.1, -0.05) is 31.2 Å². The molecule has 156 valence electrons. The van der Waals surface area contributed by atoms with Crippen molar-refractivity contribution in [2.45, 2.75) is 57.9 Å². The molecule has 0 radical (unpaired) electrons. The van der Waals surface area contributed by atoms with Gasteiger partial charge in [0.15, 0.2) is 5.96 Å². The number of benzene rings is 1. The lowest BCUT2D eigenvalue weighted by Crippen LogP contribution is -2.44. The van der Waals surface area contributed by atoms with Crippen molar-refractivity contribution in [1.29, 1.82) is 0 Å². The van der Waals surface area contributed by atoms with Crippen LogP contribution < -0.4 is 10.6 Å². The second-order valence-electron chi connectivity index (χ2n) is 7.67. The number of hydrogen-bond acceptors (Lipinski definition) is 4. The van der Waals surface area contributed by atoms with Gasteiger partial charge in [0.05, 0.1) is 12.7 Å². The Morgan fingerprint density at radius 1 is 1.14 bits per heavy atom. The van der Waals surface area contributed by atoms with Crippen molar-refractivity contribution in [2.75, 3.05) is 39.9 Å². The predicted molar refractivity (Wildman–Crippen MR) is 114 cm³/mol. The van der Waals surface area contributed by atoms with Crippen LogP contribution in [0, 0.1) is 0 Å². The van der Waals surface area contributed by atoms with E-state index >= 15 is 0 Å². The SMILES string of the molecule is CCN1CCCC1CNC(=NC)NCc1ccc(COC2CCOCC2)cc1. The van der Waals surface area contributed by atoms with Gasteiger partial charge < -0.3 is 20.1 Å². The van der Waals surface area contributed by atoms with Gasteiger partial charge in [0.1, 0.15) is 0 Å². The Labute approximate surface area is 169 Å². The van der Waals surface area contributed by atoms with Crippen molar-refractivity contribution in [3.8, 4) is 0 Å². The molecule has 0 aromatic heterocycles. The van der Waals surface area contributed by atoms with E-state index in [-0.39, 0.29) is 0 Å². The van der Waals surface area contributed by atoms with Gasteiger partial charge in [0.25, 0.3) is 0 Å². The number of nitrogens with zero attached hydrogens (tertiary/aromatic N) is 2. The Morgan fingerprint density at radius 2 is 1.89 bits per heavy atom. The van der Waals surface area contributed by atoms with E-state index in [2.05, 4.69) is 51.7 Å². The summed E-state index contributed by atoms with van der Waals surface area (Å²) >= 11 is 0. The van der Waals surface area contributed by atoms with Crippen molar-refractivity contribution in [3.63, 3.8) is 0 Å². The van der Waals surface area contributed by atoms with Crippen molar-refractivity contribution in [1.82, 2.24) is 15.5 Å². The maximum atomic E-state index is 5.99. The third-order valence-electron chi connectivity index (χ3n) is 5.77. The molecule has 2 N–H and O–H groups in total. The molecule has 2 aliphatic rings. The molecule has 1 aromatic rings. The second kappa shape index (κ2) is 11.4. The molecule has 2 saturated heterocycles. The topological polar surface area (TPSA) is 58.1 Å². The lowest BCUT2D eigenvalue weighted by Gasteiger charge is -2.24. The molecule has 28 heavy (non-hydrogen) atoms. The van der Waals surface area contributed by atoms with Gasteiger partial charge in [-0.3, -0.25) is 9.89 Å². The van der Waals surface area contributed by atoms with Crippen LogP contribution in [0.4, 0.5) is 0 Å². The van der Waals surface area contributed by atoms with Crippen LogP contribution in [0.3, 0.4) is 0 Å². The van der Waals surface area contributed by atoms with Crippen LogP contribution in [0.15, 0.2) is 29.3 Å². The Bertz CT molecular complexity index is 599. The van der Waals surface area contributed by atoms with Gasteiger partial charge in [-0.15, -0.1) is 0 Å². The fourth-order valence-electron chi connectivity index (χ4n) is 3.97. The van der Waals surface area contributed by atoms with Gasteiger partial charge in [-0.25, -0.2) is 0 Å². The Morgan fingerprint density at radius 3 is 2.61 bits per heavy atom. The molecule has 3 rings (SSSR count). The molecule has 2 fully saturated rings. The zero-order chi connectivity index (χ0) is 19.6. The number of hydrogen-bond donors (Lipinski definition) is 2. The zero-order valence-corrected chi connectivity index (χ0v) is 17.5. The Hall–Kier alpha value is -1.63. The summed E-state index contributed by atoms with van der Waals surface area (Å²) in [7, 11) is 1.83. The molecule has 0 aliphatic carbocycles. The largest absolute Gasteiger partial charge is 0.381 e. The molecule has 0 bridgehead atoms. The highest BCUT2D eigenvalue weighted by Crippen LogP contribution is 2.16. The van der Waals surface area contributed by atoms with Crippen LogP contribution in [0.2, 0.25) is 0 Å². The van der Waals surface area contributed by atoms with Crippen LogP contribution in [-0.2, 0) is 22.6 Å². The highest BCUT2D eigenvalue weighted by molar-refractivity contribution is 5.79. The number of likely N-dealkylation sites (N-methyl/N-ethyl adjacent to an activating group) is 1. The number of rotatable bonds is 8. The van der Waals surface area contributed by atoms with E-state index in [1.165, 1.54) is 30.5 Å². The van der Waals surface area contributed by atoms with Gasteiger partial charge in [0.2, 0.25) is 0 Å². The van der Waals surface area contributed by atoms with E-state index in [1.54, 1.807) is 0 Å². The number of ether oxygens (including phenoxy) is 2. The first-order valence-corrected chi connectivity index (χ1v) is 10.7. The quantitative estimate of drug-likeness (QED) is 0.529. The second-order valence-corrected chi connectivity index (χ2v) is 7.67. The van der Waals surface area contributed by atoms with Gasteiger partial charge in [-0.05, 0) is 49.9 Å². The normalized spacial score (nSPS) is 21.8. The van der Waals surface area contributed by atoms with Crippen LogP contribution in [0.5, 0.6) is 0 Å². The summed E-state index contributed by atoms with van der Waals surface area (Å²) in [5.41, 5.74) is 2.47. The predicted octanol–water partition coefficient (Wildman–Crippen LogP) is 2.53. The van der Waals surface area contributed by atoms with Crippen LogP contribution >= 0.6 is 0 Å². The Balaban J connectivity index is 1.38. The molecule has 2 aliphatic heterocycles. The van der Waals surface area contributed by atoms with E-state index in [0.717, 1.165) is 51.6 Å². The van der Waals surface area contributed by atoms with E-state index in [0.29, 0.717) is 18.8 Å². The molecule has 6 nitrogen and oxygen atoms in total. The summed E-state index contributed by atoms with van der Waals surface area (Å²) in [6.07, 6.45) is 4.93. The average Bonchev–Trinajstić information content (AvgIpc) is 3.21. The number of nitrogens with one attached hydrogen (secondary N) is 2. The molecule has 0 saturated carbocycles. The number of guanidine groups is 1. The third-order valence-corrected chi connectivity index (χ3v) is 5.77. The molecular formula is C22H36N4O2. The Kier molecular flexibility index (Phi) is 8.58. The minimum atomic E-state index is 0.341. The number of aliphatic imine (C=N–C) groups is 1. The van der Waals surface area contributed by atoms with Crippen LogP contribution in [0.25, 0.3) is 0 Å². The molecule has 1 aromatic carbocycles. The zero-order valence-electron chi connectivity index (χ0n) is 17.5. The monoisotopic (exact) mass is 388 g/mol. The lowest BCUT2D eigenvalue weighted by molar-refractivity contribution is -0.0390. The van der Waals surface area contributed by atoms with Crippen molar-refractivity contribution in [3.05, 3.63) is 35.4 Å². The van der Waals surface area contributed by atoms with E-state index < -0.39 is 0 Å². The minimum Gasteiger partial charge on any atom is -0.381 e. The van der Waals surface area contributed by atoms with Crippen molar-refractivity contribution in [2.24, 2.45) is 4.99 Å². The smallest absolute Gasteiger partial charge is 0.191 e. The highest BCUT2D eigenvalue weighted by atomic mass is 16.5.